The second kappa shape index (κ2) is 14.0. The van der Waals surface area contributed by atoms with Crippen molar-refractivity contribution >= 4 is 5.91 Å². The minimum absolute atomic E-state index is 0.0625. The summed E-state index contributed by atoms with van der Waals surface area (Å²) < 4.78 is 1.82. The van der Waals surface area contributed by atoms with Crippen LogP contribution in [0.4, 0.5) is 0 Å². The van der Waals surface area contributed by atoms with Crippen LogP contribution in [0.25, 0.3) is 0 Å². The van der Waals surface area contributed by atoms with E-state index in [1.54, 1.807) is 0 Å². The molecule has 178 valence electrons. The number of nitrogens with one attached hydrogen (secondary N) is 3. The van der Waals surface area contributed by atoms with Gasteiger partial charge in [-0.1, -0.05) is 51.1 Å². The highest BCUT2D eigenvalue weighted by atomic mass is 16.2. The lowest BCUT2D eigenvalue weighted by Crippen LogP contribution is -2.29. The van der Waals surface area contributed by atoms with Gasteiger partial charge in [-0.2, -0.15) is 5.10 Å². The zero-order valence-corrected chi connectivity index (χ0v) is 20.1. The Morgan fingerprint density at radius 3 is 2.19 bits per heavy atom. The molecule has 1 aromatic heterocycles. The summed E-state index contributed by atoms with van der Waals surface area (Å²) >= 11 is 0. The number of amides is 1. The van der Waals surface area contributed by atoms with Crippen LogP contribution in [0.15, 0.2) is 36.4 Å². The highest BCUT2D eigenvalue weighted by Gasteiger charge is 2.22. The maximum absolute atomic E-state index is 12.9. The smallest absolute Gasteiger partial charge is 0.269 e. The van der Waals surface area contributed by atoms with E-state index in [0.717, 1.165) is 69.7 Å². The van der Waals surface area contributed by atoms with Crippen LogP contribution < -0.4 is 21.7 Å². The topological polar surface area (TPSA) is 97.0 Å². The third-order valence-electron chi connectivity index (χ3n) is 5.29. The predicted octanol–water partition coefficient (Wildman–Crippen LogP) is 2.66. The molecule has 0 aliphatic rings. The van der Waals surface area contributed by atoms with Crippen LogP contribution >= 0.6 is 0 Å². The van der Waals surface area contributed by atoms with Gasteiger partial charge in [-0.05, 0) is 70.0 Å². The summed E-state index contributed by atoms with van der Waals surface area (Å²) in [5.74, 6) is -0.0625. The quantitative estimate of drug-likeness (QED) is 0.318. The van der Waals surface area contributed by atoms with Gasteiger partial charge in [0.05, 0.1) is 12.2 Å². The molecule has 0 bridgehead atoms. The second-order valence-corrected chi connectivity index (χ2v) is 9.27. The normalized spacial score (nSPS) is 11.6. The molecule has 0 saturated heterocycles. The van der Waals surface area contributed by atoms with Gasteiger partial charge in [-0.15, -0.1) is 0 Å². The Kier molecular flexibility index (Phi) is 11.4. The fourth-order valence-corrected chi connectivity index (χ4v) is 3.33. The summed E-state index contributed by atoms with van der Waals surface area (Å²) in [6, 6.07) is 12.1. The van der Waals surface area contributed by atoms with E-state index in [9.17, 15) is 4.79 Å². The lowest BCUT2D eigenvalue weighted by Gasteiger charge is -2.14. The minimum Gasteiger partial charge on any atom is -0.351 e. The number of unbranched alkanes of at least 4 members (excludes halogenated alkanes) is 1. The molecule has 7 heteroatoms. The van der Waals surface area contributed by atoms with Crippen LogP contribution in [0.3, 0.4) is 0 Å². The van der Waals surface area contributed by atoms with E-state index in [1.165, 1.54) is 0 Å². The number of nitrogens with two attached hydrogens (primary N) is 1. The molecule has 7 nitrogen and oxygen atoms in total. The van der Waals surface area contributed by atoms with E-state index in [0.29, 0.717) is 18.8 Å². The molecule has 0 saturated carbocycles. The van der Waals surface area contributed by atoms with Crippen molar-refractivity contribution in [3.05, 3.63) is 53.3 Å². The Morgan fingerprint density at radius 2 is 1.56 bits per heavy atom. The first-order chi connectivity index (χ1) is 15.4. The van der Waals surface area contributed by atoms with Crippen molar-refractivity contribution in [2.24, 2.45) is 5.73 Å². The Bertz CT molecular complexity index is 781. The van der Waals surface area contributed by atoms with Crippen molar-refractivity contribution in [2.45, 2.75) is 58.4 Å². The molecule has 1 amide bonds. The summed E-state index contributed by atoms with van der Waals surface area (Å²) in [7, 11) is 0. The summed E-state index contributed by atoms with van der Waals surface area (Å²) in [6.45, 7) is 12.3. The fraction of sp³-hybridized carbons (Fsp3) is 0.600. The van der Waals surface area contributed by atoms with Crippen molar-refractivity contribution in [1.82, 2.24) is 25.7 Å². The van der Waals surface area contributed by atoms with Crippen LogP contribution in [-0.2, 0) is 12.0 Å². The fourth-order valence-electron chi connectivity index (χ4n) is 3.33. The molecule has 2 aromatic rings. The summed E-state index contributed by atoms with van der Waals surface area (Å²) in [5.41, 5.74) is 8.04. The lowest BCUT2D eigenvalue weighted by molar-refractivity contribution is 0.0943. The van der Waals surface area contributed by atoms with Crippen LogP contribution in [0.2, 0.25) is 0 Å². The number of hydrogen-bond acceptors (Lipinski definition) is 5. The summed E-state index contributed by atoms with van der Waals surface area (Å²) in [6.07, 6.45) is 4.25. The molecule has 0 unspecified atom stereocenters. The number of carbonyl (C=O) groups excluding carboxylic acids is 1. The van der Waals surface area contributed by atoms with Crippen molar-refractivity contribution in [1.29, 1.82) is 0 Å². The van der Waals surface area contributed by atoms with Crippen molar-refractivity contribution in [3.63, 3.8) is 0 Å². The molecule has 0 fully saturated rings. The highest BCUT2D eigenvalue weighted by Crippen LogP contribution is 2.22. The monoisotopic (exact) mass is 442 g/mol. The minimum atomic E-state index is -0.110. The number of hydrogen-bond donors (Lipinski definition) is 4. The van der Waals surface area contributed by atoms with Gasteiger partial charge in [0.25, 0.3) is 5.91 Å². The number of rotatable bonds is 15. The third-order valence-corrected chi connectivity index (χ3v) is 5.29. The number of aromatic nitrogens is 2. The van der Waals surface area contributed by atoms with Gasteiger partial charge < -0.3 is 21.7 Å². The summed E-state index contributed by atoms with van der Waals surface area (Å²) in [4.78, 5) is 12.9. The highest BCUT2D eigenvalue weighted by molar-refractivity contribution is 5.92. The van der Waals surface area contributed by atoms with Gasteiger partial charge in [-0.3, -0.25) is 9.48 Å². The van der Waals surface area contributed by atoms with E-state index in [4.69, 9.17) is 10.8 Å². The van der Waals surface area contributed by atoms with Crippen molar-refractivity contribution in [2.75, 3.05) is 39.3 Å². The molecule has 0 aliphatic carbocycles. The van der Waals surface area contributed by atoms with Gasteiger partial charge >= 0.3 is 0 Å². The zero-order valence-electron chi connectivity index (χ0n) is 20.1. The van der Waals surface area contributed by atoms with Gasteiger partial charge in [0.1, 0.15) is 5.69 Å². The van der Waals surface area contributed by atoms with E-state index in [2.05, 4.69) is 48.9 Å². The van der Waals surface area contributed by atoms with Crippen LogP contribution in [-0.4, -0.2) is 55.0 Å². The first-order valence-electron chi connectivity index (χ1n) is 11.9. The Hall–Kier alpha value is -2.22. The standard InChI is InChI=1S/C25H42N6O/c1-25(2,3)23-19-22(31(30-23)20-21-11-5-4-6-12-21)24(32)29-18-10-17-28-15-8-7-14-27-16-9-13-26/h4-6,11-12,19,27-28H,7-10,13-18,20,26H2,1-3H3,(H,29,32). The molecule has 1 aromatic carbocycles. The molecular weight excluding hydrogens is 400 g/mol. The predicted molar refractivity (Wildman–Crippen MR) is 132 cm³/mol. The molecular formula is C25H42N6O. The van der Waals surface area contributed by atoms with Gasteiger partial charge in [0, 0.05) is 12.0 Å². The molecule has 5 N–H and O–H groups in total. The third kappa shape index (κ3) is 9.51. The van der Waals surface area contributed by atoms with Gasteiger partial charge in [0.2, 0.25) is 0 Å². The average Bonchev–Trinajstić information content (AvgIpc) is 3.19. The van der Waals surface area contributed by atoms with Crippen LogP contribution in [0.1, 0.15) is 68.2 Å². The summed E-state index contributed by atoms with van der Waals surface area (Å²) in [5, 5.41) is 14.6. The maximum atomic E-state index is 12.9. The molecule has 32 heavy (non-hydrogen) atoms. The van der Waals surface area contributed by atoms with Crippen LogP contribution in [0.5, 0.6) is 0 Å². The SMILES string of the molecule is CC(C)(C)c1cc(C(=O)NCCCNCCCCNCCCN)n(Cc2ccccc2)n1. The maximum Gasteiger partial charge on any atom is 0.269 e. The molecule has 0 radical (unpaired) electrons. The van der Waals surface area contributed by atoms with Crippen molar-refractivity contribution < 1.29 is 4.79 Å². The molecule has 0 atom stereocenters. The van der Waals surface area contributed by atoms with E-state index in [-0.39, 0.29) is 11.3 Å². The molecule has 2 rings (SSSR count). The van der Waals surface area contributed by atoms with Gasteiger partial charge in [-0.25, -0.2) is 0 Å². The van der Waals surface area contributed by atoms with E-state index in [1.807, 2.05) is 28.9 Å². The van der Waals surface area contributed by atoms with Gasteiger partial charge in [0.15, 0.2) is 0 Å². The molecule has 1 heterocycles. The Balaban J connectivity index is 1.73. The second-order valence-electron chi connectivity index (χ2n) is 9.27. The van der Waals surface area contributed by atoms with E-state index < -0.39 is 0 Å². The number of carbonyl (C=O) groups is 1. The van der Waals surface area contributed by atoms with Crippen LogP contribution in [0, 0.1) is 0 Å². The average molecular weight is 443 g/mol. The Morgan fingerprint density at radius 1 is 0.938 bits per heavy atom. The Labute approximate surface area is 193 Å². The number of nitrogens with zero attached hydrogens (tertiary/aromatic N) is 2. The lowest BCUT2D eigenvalue weighted by atomic mass is 9.92. The zero-order chi connectivity index (χ0) is 23.2. The first kappa shape index (κ1) is 26.0. The molecule has 0 aliphatic heterocycles. The van der Waals surface area contributed by atoms with E-state index >= 15 is 0 Å². The van der Waals surface area contributed by atoms with Crippen molar-refractivity contribution in [3.8, 4) is 0 Å². The number of benzene rings is 1. The molecule has 0 spiro atoms. The largest absolute Gasteiger partial charge is 0.351 e. The first-order valence-corrected chi connectivity index (χ1v) is 11.9.